The molecule has 33 heavy (non-hydrogen) atoms. The molecule has 3 aromatic heterocycles. The second kappa shape index (κ2) is 7.87. The molecule has 0 fully saturated rings. The van der Waals surface area contributed by atoms with Crippen LogP contribution in [-0.2, 0) is 0 Å². The van der Waals surface area contributed by atoms with Gasteiger partial charge in [-0.15, -0.1) is 0 Å². The van der Waals surface area contributed by atoms with Crippen LogP contribution < -0.4 is 0 Å². The van der Waals surface area contributed by atoms with Crippen molar-refractivity contribution in [3.63, 3.8) is 0 Å². The lowest BCUT2D eigenvalue weighted by atomic mass is 9.92. The summed E-state index contributed by atoms with van der Waals surface area (Å²) < 4.78 is 8.69. The average molecular weight is 438 g/mol. The van der Waals surface area contributed by atoms with Crippen LogP contribution in [0.2, 0.25) is 0 Å². The van der Waals surface area contributed by atoms with E-state index >= 15 is 0 Å². The monoisotopic (exact) mass is 437 g/mol. The van der Waals surface area contributed by atoms with Crippen LogP contribution in [0.1, 0.15) is 67.5 Å². The fourth-order valence-corrected chi connectivity index (χ4v) is 5.02. The van der Waals surface area contributed by atoms with Crippen LogP contribution in [0.15, 0.2) is 53.2 Å². The quantitative estimate of drug-likeness (QED) is 0.286. The van der Waals surface area contributed by atoms with Gasteiger partial charge in [0.2, 0.25) is 5.71 Å². The van der Waals surface area contributed by atoms with Gasteiger partial charge in [-0.25, -0.2) is 9.97 Å². The number of pyridine rings is 1. The van der Waals surface area contributed by atoms with Gasteiger partial charge < -0.3 is 4.42 Å². The molecule has 0 atom stereocenters. The third-order valence-electron chi connectivity index (χ3n) is 6.59. The smallest absolute Gasteiger partial charge is 0.227 e. The number of hydrogen-bond acceptors (Lipinski definition) is 3. The Morgan fingerprint density at radius 2 is 1.58 bits per heavy atom. The Morgan fingerprint density at radius 3 is 2.24 bits per heavy atom. The zero-order chi connectivity index (χ0) is 23.4. The molecule has 0 aliphatic rings. The number of fused-ring (bicyclic) bond motifs is 3. The summed E-state index contributed by atoms with van der Waals surface area (Å²) in [6.07, 6.45) is 3.97. The molecule has 4 heteroatoms. The van der Waals surface area contributed by atoms with Gasteiger partial charge >= 0.3 is 0 Å². The number of furan rings is 1. The zero-order valence-corrected chi connectivity index (χ0v) is 20.5. The van der Waals surface area contributed by atoms with Crippen molar-refractivity contribution in [2.45, 2.75) is 60.3 Å². The van der Waals surface area contributed by atoms with Crippen LogP contribution in [-0.4, -0.2) is 14.5 Å². The zero-order valence-electron chi connectivity index (χ0n) is 20.5. The van der Waals surface area contributed by atoms with Crippen LogP contribution in [0.25, 0.3) is 39.1 Å². The van der Waals surface area contributed by atoms with Crippen LogP contribution in [0.4, 0.5) is 0 Å². The second-order valence-electron chi connectivity index (χ2n) is 9.71. The van der Waals surface area contributed by atoms with Gasteiger partial charge in [0.1, 0.15) is 11.4 Å². The van der Waals surface area contributed by atoms with Gasteiger partial charge in [0.05, 0.1) is 16.6 Å². The lowest BCUT2D eigenvalue weighted by Gasteiger charge is -2.22. The van der Waals surface area contributed by atoms with Crippen LogP contribution >= 0.6 is 0 Å². The first-order valence-corrected chi connectivity index (χ1v) is 11.7. The van der Waals surface area contributed by atoms with Crippen LogP contribution in [0.5, 0.6) is 0 Å². The van der Waals surface area contributed by atoms with E-state index < -0.39 is 0 Å². The molecule has 5 rings (SSSR count). The number of nitrogens with zero attached hydrogens (tertiary/aromatic N) is 3. The number of aromatic nitrogens is 3. The van der Waals surface area contributed by atoms with Crippen molar-refractivity contribution in [1.82, 2.24) is 14.5 Å². The molecule has 0 aliphatic heterocycles. The van der Waals surface area contributed by atoms with Gasteiger partial charge in [0.25, 0.3) is 0 Å². The van der Waals surface area contributed by atoms with Crippen molar-refractivity contribution in [2.24, 2.45) is 0 Å². The van der Waals surface area contributed by atoms with Gasteiger partial charge in [0, 0.05) is 23.5 Å². The molecule has 0 N–H and O–H groups in total. The van der Waals surface area contributed by atoms with Crippen LogP contribution in [0.3, 0.4) is 0 Å². The maximum Gasteiger partial charge on any atom is 0.227 e. The topological polar surface area (TPSA) is 43.9 Å². The number of rotatable bonds is 4. The highest BCUT2D eigenvalue weighted by molar-refractivity contribution is 6.10. The molecule has 0 radical (unpaired) electrons. The lowest BCUT2D eigenvalue weighted by Crippen LogP contribution is -2.08. The van der Waals surface area contributed by atoms with Gasteiger partial charge in [-0.1, -0.05) is 58.0 Å². The maximum atomic E-state index is 6.43. The Morgan fingerprint density at radius 1 is 0.879 bits per heavy atom. The highest BCUT2D eigenvalue weighted by atomic mass is 16.3. The Bertz CT molecular complexity index is 1470. The molecule has 3 heterocycles. The van der Waals surface area contributed by atoms with E-state index in [0.717, 1.165) is 39.0 Å². The minimum atomic E-state index is 0.395. The summed E-state index contributed by atoms with van der Waals surface area (Å²) in [5.41, 5.74) is 9.73. The molecule has 0 bridgehead atoms. The molecular formula is C29H31N3O. The fourth-order valence-electron chi connectivity index (χ4n) is 5.02. The highest BCUT2D eigenvalue weighted by Crippen LogP contribution is 2.40. The SMILES string of the molecule is Cc1cc(C)c2c(n1)oc1c(-c3nccn3-c3c(C(C)C)cccc3C(C)C)c(C)ccc12. The summed E-state index contributed by atoms with van der Waals surface area (Å²) in [5, 5.41) is 2.17. The molecular weight excluding hydrogens is 406 g/mol. The van der Waals surface area contributed by atoms with Gasteiger partial charge in [0.15, 0.2) is 0 Å². The first-order valence-electron chi connectivity index (χ1n) is 11.7. The number of imidazole rings is 1. The van der Waals surface area contributed by atoms with E-state index in [4.69, 9.17) is 9.40 Å². The maximum absolute atomic E-state index is 6.43. The van der Waals surface area contributed by atoms with Crippen molar-refractivity contribution in [1.29, 1.82) is 0 Å². The number of para-hydroxylation sites is 1. The largest absolute Gasteiger partial charge is 0.437 e. The molecule has 0 saturated heterocycles. The Balaban J connectivity index is 1.86. The predicted molar refractivity (Wildman–Crippen MR) is 136 cm³/mol. The third kappa shape index (κ3) is 3.36. The van der Waals surface area contributed by atoms with Crippen molar-refractivity contribution in [3.8, 4) is 17.1 Å². The fraction of sp³-hybridized carbons (Fsp3) is 0.310. The third-order valence-corrected chi connectivity index (χ3v) is 6.59. The average Bonchev–Trinajstić information content (AvgIpc) is 3.37. The number of aryl methyl sites for hydroxylation is 3. The summed E-state index contributed by atoms with van der Waals surface area (Å²) in [4.78, 5) is 9.55. The number of hydrogen-bond donors (Lipinski definition) is 0. The highest BCUT2D eigenvalue weighted by Gasteiger charge is 2.23. The van der Waals surface area contributed by atoms with E-state index in [-0.39, 0.29) is 0 Å². The van der Waals surface area contributed by atoms with E-state index in [2.05, 4.69) is 93.7 Å². The summed E-state index contributed by atoms with van der Waals surface area (Å²) >= 11 is 0. The molecule has 0 spiro atoms. The normalized spacial score (nSPS) is 12.0. The van der Waals surface area contributed by atoms with Crippen molar-refractivity contribution in [2.75, 3.05) is 0 Å². The van der Waals surface area contributed by atoms with Gasteiger partial charge in [-0.3, -0.25) is 4.57 Å². The van der Waals surface area contributed by atoms with Gasteiger partial charge in [-0.05, 0) is 60.9 Å². The van der Waals surface area contributed by atoms with Gasteiger partial charge in [-0.2, -0.15) is 0 Å². The predicted octanol–water partition coefficient (Wildman–Crippen LogP) is 8.01. The minimum absolute atomic E-state index is 0.395. The molecule has 168 valence electrons. The first kappa shape index (κ1) is 21.4. The molecule has 0 unspecified atom stereocenters. The van der Waals surface area contributed by atoms with Crippen molar-refractivity contribution in [3.05, 3.63) is 76.7 Å². The number of benzene rings is 2. The summed E-state index contributed by atoms with van der Waals surface area (Å²) in [7, 11) is 0. The summed E-state index contributed by atoms with van der Waals surface area (Å²) in [6, 6.07) is 13.1. The van der Waals surface area contributed by atoms with Crippen molar-refractivity contribution < 1.29 is 4.42 Å². The Hall–Kier alpha value is -3.40. The molecule has 0 aliphatic carbocycles. The summed E-state index contributed by atoms with van der Waals surface area (Å²) in [6.45, 7) is 15.3. The minimum Gasteiger partial charge on any atom is -0.437 e. The second-order valence-corrected chi connectivity index (χ2v) is 9.71. The van der Waals surface area contributed by atoms with Crippen LogP contribution in [0, 0.1) is 20.8 Å². The molecule has 0 saturated carbocycles. The molecule has 5 aromatic rings. The van der Waals surface area contributed by atoms with E-state index in [9.17, 15) is 0 Å². The summed E-state index contributed by atoms with van der Waals surface area (Å²) in [5.74, 6) is 1.69. The Labute approximate surface area is 195 Å². The molecule has 2 aromatic carbocycles. The van der Waals surface area contributed by atoms with E-state index in [1.807, 2.05) is 13.1 Å². The van der Waals surface area contributed by atoms with E-state index in [1.54, 1.807) is 0 Å². The van der Waals surface area contributed by atoms with E-state index in [0.29, 0.717) is 17.5 Å². The standard InChI is InChI=1S/C29H31N3O/c1-16(2)21-9-8-10-22(17(3)4)26(21)32-14-13-30-28(32)25-18(5)11-12-23-24-19(6)15-20(7)31-29(24)33-27(23)25/h8-17H,1-7H3. The van der Waals surface area contributed by atoms with E-state index in [1.165, 1.54) is 22.4 Å². The lowest BCUT2D eigenvalue weighted by molar-refractivity contribution is 0.652. The first-order chi connectivity index (χ1) is 15.8. The van der Waals surface area contributed by atoms with Crippen molar-refractivity contribution >= 4 is 22.1 Å². The molecule has 0 amide bonds. The Kier molecular flexibility index (Phi) is 5.12. The molecule has 4 nitrogen and oxygen atoms in total.